The number of rotatable bonds is 7. The van der Waals surface area contributed by atoms with Crippen LogP contribution in [0.25, 0.3) is 11.0 Å². The Hall–Kier alpha value is -3.14. The lowest BCUT2D eigenvalue weighted by Crippen LogP contribution is -2.52. The molecule has 2 fully saturated rings. The first-order chi connectivity index (χ1) is 17.5. The Morgan fingerprint density at radius 2 is 1.95 bits per heavy atom. The van der Waals surface area contributed by atoms with Crippen molar-refractivity contribution in [3.63, 3.8) is 0 Å². The third-order valence-electron chi connectivity index (χ3n) is 7.75. The van der Waals surface area contributed by atoms with Crippen LogP contribution in [0.1, 0.15) is 64.5 Å². The van der Waals surface area contributed by atoms with Crippen LogP contribution < -0.4 is 11.0 Å². The summed E-state index contributed by atoms with van der Waals surface area (Å²) in [4.78, 5) is 50.3. The Morgan fingerprint density at radius 3 is 2.62 bits per heavy atom. The smallest absolute Gasteiger partial charge is 0.407 e. The third kappa shape index (κ3) is 5.58. The Kier molecular flexibility index (Phi) is 7.77. The molecule has 10 nitrogen and oxygen atoms in total. The summed E-state index contributed by atoms with van der Waals surface area (Å²) in [5.74, 6) is -0.421. The number of imidazole rings is 1. The number of carbonyl (C=O) groups excluding carboxylic acids is 2. The molecule has 1 aromatic heterocycles. The molecule has 2 aromatic rings. The van der Waals surface area contributed by atoms with Crippen molar-refractivity contribution in [1.82, 2.24) is 19.4 Å². The SMILES string of the molecule is Cn1c(=O)n(C2CCC(=O)NC2=O)c2cccc(CCCOCC3CCN(C(=O)O)C(C(C)(C)C)C3)c21. The van der Waals surface area contributed by atoms with E-state index in [9.17, 15) is 24.3 Å². The van der Waals surface area contributed by atoms with E-state index in [4.69, 9.17) is 4.74 Å². The van der Waals surface area contributed by atoms with Crippen LogP contribution in [0.2, 0.25) is 0 Å². The van der Waals surface area contributed by atoms with Crippen molar-refractivity contribution in [2.75, 3.05) is 19.8 Å². The molecule has 1 aromatic carbocycles. The number of carbonyl (C=O) groups is 3. The molecule has 3 heterocycles. The van der Waals surface area contributed by atoms with Crippen molar-refractivity contribution < 1.29 is 24.2 Å². The van der Waals surface area contributed by atoms with Gasteiger partial charge in [-0.05, 0) is 55.1 Å². The molecule has 0 saturated carbocycles. The minimum atomic E-state index is -0.852. The standard InChI is InChI=1S/C27H38N4O6/c1-27(2,3)21-15-17(12-13-30(21)26(35)36)16-37-14-6-8-18-7-5-9-19-23(18)29(4)25(34)31(19)20-10-11-22(32)28-24(20)33/h5,7,9,17,20-21H,6,8,10-16H2,1-4H3,(H,35,36)(H,28,32,33). The number of aryl methyl sites for hydroxylation is 2. The molecule has 3 atom stereocenters. The number of nitrogens with one attached hydrogen (secondary N) is 1. The van der Waals surface area contributed by atoms with Gasteiger partial charge in [0.2, 0.25) is 11.8 Å². The highest BCUT2D eigenvalue weighted by Gasteiger charge is 2.38. The molecule has 37 heavy (non-hydrogen) atoms. The van der Waals surface area contributed by atoms with E-state index in [1.807, 2.05) is 18.2 Å². The first-order valence-corrected chi connectivity index (χ1v) is 13.1. The summed E-state index contributed by atoms with van der Waals surface area (Å²) in [6.45, 7) is 7.95. The van der Waals surface area contributed by atoms with Crippen molar-refractivity contribution in [1.29, 1.82) is 0 Å². The fourth-order valence-corrected chi connectivity index (χ4v) is 5.81. The van der Waals surface area contributed by atoms with Gasteiger partial charge in [-0.25, -0.2) is 9.59 Å². The van der Waals surface area contributed by atoms with E-state index in [0.717, 1.165) is 30.3 Å². The van der Waals surface area contributed by atoms with Crippen molar-refractivity contribution in [3.8, 4) is 0 Å². The van der Waals surface area contributed by atoms with Gasteiger partial charge < -0.3 is 14.7 Å². The number of benzene rings is 1. The zero-order valence-corrected chi connectivity index (χ0v) is 22.2. The number of para-hydroxylation sites is 1. The van der Waals surface area contributed by atoms with Crippen LogP contribution in [-0.2, 0) is 27.8 Å². The number of carboxylic acid groups (broad SMARTS) is 1. The maximum Gasteiger partial charge on any atom is 0.407 e. The van der Waals surface area contributed by atoms with Gasteiger partial charge in [0.25, 0.3) is 0 Å². The van der Waals surface area contributed by atoms with Gasteiger partial charge in [0.15, 0.2) is 0 Å². The van der Waals surface area contributed by atoms with Crippen molar-refractivity contribution >= 4 is 28.9 Å². The summed E-state index contributed by atoms with van der Waals surface area (Å²) in [7, 11) is 1.71. The Bertz CT molecular complexity index is 1240. The zero-order valence-electron chi connectivity index (χ0n) is 22.2. The van der Waals surface area contributed by atoms with E-state index in [0.29, 0.717) is 44.0 Å². The van der Waals surface area contributed by atoms with Gasteiger partial charge in [0.05, 0.1) is 11.0 Å². The monoisotopic (exact) mass is 514 g/mol. The molecule has 0 radical (unpaired) electrons. The highest BCUT2D eigenvalue weighted by atomic mass is 16.5. The van der Waals surface area contributed by atoms with E-state index in [-0.39, 0.29) is 29.5 Å². The number of hydrogen-bond acceptors (Lipinski definition) is 5. The molecule has 0 aliphatic carbocycles. The van der Waals surface area contributed by atoms with Crippen molar-refractivity contribution in [2.45, 2.75) is 71.4 Å². The molecule has 2 saturated heterocycles. The molecular weight excluding hydrogens is 476 g/mol. The lowest BCUT2D eigenvalue weighted by molar-refractivity contribution is -0.135. The summed E-state index contributed by atoms with van der Waals surface area (Å²) < 4.78 is 9.11. The van der Waals surface area contributed by atoms with Gasteiger partial charge in [0, 0.05) is 39.3 Å². The van der Waals surface area contributed by atoms with Crippen LogP contribution in [-0.4, -0.2) is 62.8 Å². The first kappa shape index (κ1) is 26.9. The van der Waals surface area contributed by atoms with Crippen LogP contribution in [0.3, 0.4) is 0 Å². The van der Waals surface area contributed by atoms with E-state index < -0.39 is 18.0 Å². The Morgan fingerprint density at radius 1 is 1.19 bits per heavy atom. The first-order valence-electron chi connectivity index (χ1n) is 13.1. The normalized spacial score (nSPS) is 22.9. The van der Waals surface area contributed by atoms with Gasteiger partial charge in [-0.1, -0.05) is 32.9 Å². The van der Waals surface area contributed by atoms with Gasteiger partial charge in [-0.2, -0.15) is 0 Å². The number of likely N-dealkylation sites (tertiary alicyclic amines) is 1. The fourth-order valence-electron chi connectivity index (χ4n) is 5.81. The minimum absolute atomic E-state index is 0.0281. The van der Waals surface area contributed by atoms with E-state index in [2.05, 4.69) is 26.1 Å². The lowest BCUT2D eigenvalue weighted by atomic mass is 9.77. The molecule has 3 amide bonds. The number of amides is 3. The predicted molar refractivity (Wildman–Crippen MR) is 138 cm³/mol. The van der Waals surface area contributed by atoms with Gasteiger partial charge in [-0.15, -0.1) is 0 Å². The topological polar surface area (TPSA) is 123 Å². The predicted octanol–water partition coefficient (Wildman–Crippen LogP) is 3.07. The van der Waals surface area contributed by atoms with E-state index >= 15 is 0 Å². The summed E-state index contributed by atoms with van der Waals surface area (Å²) in [6.07, 6.45) is 2.75. The summed E-state index contributed by atoms with van der Waals surface area (Å²) in [5.41, 5.74) is 2.10. The number of piperidine rings is 2. The number of ether oxygens (including phenoxy) is 1. The minimum Gasteiger partial charge on any atom is -0.465 e. The average Bonchev–Trinajstić information content (AvgIpc) is 3.09. The number of imide groups is 1. The largest absolute Gasteiger partial charge is 0.465 e. The summed E-state index contributed by atoms with van der Waals surface area (Å²) in [6, 6.07) is 5.00. The maximum absolute atomic E-state index is 13.1. The number of fused-ring (bicyclic) bond motifs is 1. The highest BCUT2D eigenvalue weighted by molar-refractivity contribution is 6.00. The summed E-state index contributed by atoms with van der Waals surface area (Å²) in [5, 5.41) is 11.9. The average molecular weight is 515 g/mol. The molecular formula is C27H38N4O6. The maximum atomic E-state index is 13.1. The highest BCUT2D eigenvalue weighted by Crippen LogP contribution is 2.35. The molecule has 0 spiro atoms. The summed E-state index contributed by atoms with van der Waals surface area (Å²) >= 11 is 0. The second-order valence-corrected chi connectivity index (χ2v) is 11.4. The van der Waals surface area contributed by atoms with Crippen molar-refractivity contribution in [2.24, 2.45) is 18.4 Å². The molecule has 2 N–H and O–H groups in total. The number of hydrogen-bond donors (Lipinski definition) is 2. The molecule has 202 valence electrons. The van der Waals surface area contributed by atoms with Crippen LogP contribution in [0.15, 0.2) is 23.0 Å². The quantitative estimate of drug-likeness (QED) is 0.432. The zero-order chi connectivity index (χ0) is 26.9. The van der Waals surface area contributed by atoms with E-state index in [1.165, 1.54) is 4.57 Å². The van der Waals surface area contributed by atoms with Gasteiger partial charge >= 0.3 is 11.8 Å². The van der Waals surface area contributed by atoms with Crippen molar-refractivity contribution in [3.05, 3.63) is 34.2 Å². The second kappa shape index (κ2) is 10.7. The Balaban J connectivity index is 1.37. The second-order valence-electron chi connectivity index (χ2n) is 11.4. The molecule has 2 aliphatic rings. The number of nitrogens with zero attached hydrogens (tertiary/aromatic N) is 3. The van der Waals surface area contributed by atoms with E-state index in [1.54, 1.807) is 16.5 Å². The van der Waals surface area contributed by atoms with Crippen LogP contribution in [0, 0.1) is 11.3 Å². The fraction of sp³-hybridized carbons (Fsp3) is 0.630. The molecule has 10 heteroatoms. The van der Waals surface area contributed by atoms with Gasteiger partial charge in [0.1, 0.15) is 6.04 Å². The lowest BCUT2D eigenvalue weighted by Gasteiger charge is -2.44. The van der Waals surface area contributed by atoms with Gasteiger partial charge in [-0.3, -0.25) is 24.0 Å². The number of aromatic nitrogens is 2. The van der Waals surface area contributed by atoms with Crippen LogP contribution >= 0.6 is 0 Å². The molecule has 4 rings (SSSR count). The molecule has 3 unspecified atom stereocenters. The molecule has 2 aliphatic heterocycles. The third-order valence-corrected chi connectivity index (χ3v) is 7.75. The van der Waals surface area contributed by atoms with Crippen LogP contribution in [0.4, 0.5) is 4.79 Å². The molecule has 0 bridgehead atoms. The Labute approximate surface area is 216 Å². The van der Waals surface area contributed by atoms with Crippen LogP contribution in [0.5, 0.6) is 0 Å².